The first kappa shape index (κ1) is 21.4. The number of rotatable bonds is 8. The number of nitrogens with zero attached hydrogens (tertiary/aromatic N) is 3. The first-order valence-electron chi connectivity index (χ1n) is 8.88. The van der Waals surface area contributed by atoms with Crippen LogP contribution >= 0.6 is 11.3 Å². The molecule has 0 aliphatic rings. The summed E-state index contributed by atoms with van der Waals surface area (Å²) in [5.41, 5.74) is 0.688. The van der Waals surface area contributed by atoms with Gasteiger partial charge >= 0.3 is 0 Å². The molecular weight excluding hydrogens is 380 g/mol. The molecule has 0 amide bonds. The van der Waals surface area contributed by atoms with E-state index in [2.05, 4.69) is 32.7 Å². The number of hydrogen-bond acceptors (Lipinski definition) is 4. The SMILES string of the molecule is CCNC(=NCc1ccccc1S(=O)(=O)N(C)C)N(C)CCc1cccs1. The molecule has 2 rings (SSSR count). The van der Waals surface area contributed by atoms with Gasteiger partial charge in [-0.15, -0.1) is 11.3 Å². The summed E-state index contributed by atoms with van der Waals surface area (Å²) in [6.07, 6.45) is 0.949. The second-order valence-corrected chi connectivity index (χ2v) is 9.47. The summed E-state index contributed by atoms with van der Waals surface area (Å²) in [7, 11) is 1.58. The maximum absolute atomic E-state index is 12.5. The van der Waals surface area contributed by atoms with Crippen LogP contribution in [0.25, 0.3) is 0 Å². The van der Waals surface area contributed by atoms with Crippen molar-refractivity contribution < 1.29 is 8.42 Å². The predicted molar refractivity (Wildman–Crippen MR) is 113 cm³/mol. The average molecular weight is 409 g/mol. The highest BCUT2D eigenvalue weighted by Crippen LogP contribution is 2.19. The molecule has 0 unspecified atom stereocenters. The zero-order valence-corrected chi connectivity index (χ0v) is 18.0. The van der Waals surface area contributed by atoms with E-state index in [0.717, 1.165) is 25.5 Å². The van der Waals surface area contributed by atoms with E-state index in [1.165, 1.54) is 23.3 Å². The Kier molecular flexibility index (Phi) is 7.82. The number of sulfonamides is 1. The van der Waals surface area contributed by atoms with E-state index in [4.69, 9.17) is 0 Å². The van der Waals surface area contributed by atoms with Gasteiger partial charge in [0.1, 0.15) is 0 Å². The van der Waals surface area contributed by atoms with Crippen LogP contribution in [-0.4, -0.2) is 57.8 Å². The van der Waals surface area contributed by atoms with Gasteiger partial charge in [0.25, 0.3) is 0 Å². The normalized spacial score (nSPS) is 12.4. The maximum atomic E-state index is 12.5. The van der Waals surface area contributed by atoms with E-state index in [0.29, 0.717) is 17.0 Å². The van der Waals surface area contributed by atoms with Gasteiger partial charge < -0.3 is 10.2 Å². The third kappa shape index (κ3) is 5.79. The largest absolute Gasteiger partial charge is 0.357 e. The number of aliphatic imine (C=N–C) groups is 1. The van der Waals surface area contributed by atoms with Crippen molar-refractivity contribution in [3.05, 3.63) is 52.2 Å². The summed E-state index contributed by atoms with van der Waals surface area (Å²) in [6, 6.07) is 11.2. The van der Waals surface area contributed by atoms with Crippen molar-refractivity contribution in [2.24, 2.45) is 4.99 Å². The average Bonchev–Trinajstić information content (AvgIpc) is 3.16. The second-order valence-electron chi connectivity index (χ2n) is 6.32. The van der Waals surface area contributed by atoms with Crippen molar-refractivity contribution in [3.8, 4) is 0 Å². The highest BCUT2D eigenvalue weighted by molar-refractivity contribution is 7.89. The van der Waals surface area contributed by atoms with Gasteiger partial charge in [0.15, 0.2) is 5.96 Å². The van der Waals surface area contributed by atoms with Gasteiger partial charge in [-0.2, -0.15) is 0 Å². The number of likely N-dealkylation sites (N-methyl/N-ethyl adjacent to an activating group) is 1. The highest BCUT2D eigenvalue weighted by Gasteiger charge is 2.20. The minimum atomic E-state index is -3.50. The fourth-order valence-electron chi connectivity index (χ4n) is 2.55. The Hall–Kier alpha value is -1.90. The van der Waals surface area contributed by atoms with Gasteiger partial charge in [0.05, 0.1) is 11.4 Å². The molecule has 1 N–H and O–H groups in total. The zero-order valence-electron chi connectivity index (χ0n) is 16.3. The van der Waals surface area contributed by atoms with Crippen LogP contribution in [0.2, 0.25) is 0 Å². The molecule has 1 aromatic carbocycles. The Morgan fingerprint density at radius 3 is 2.52 bits per heavy atom. The number of hydrogen-bond donors (Lipinski definition) is 1. The van der Waals surface area contributed by atoms with Crippen LogP contribution in [0.5, 0.6) is 0 Å². The molecule has 148 valence electrons. The summed E-state index contributed by atoms with van der Waals surface area (Å²) < 4.78 is 26.3. The third-order valence-corrected chi connectivity index (χ3v) is 6.95. The topological polar surface area (TPSA) is 65.0 Å². The van der Waals surface area contributed by atoms with Gasteiger partial charge in [0, 0.05) is 39.1 Å². The lowest BCUT2D eigenvalue weighted by atomic mass is 10.2. The Morgan fingerprint density at radius 2 is 1.89 bits per heavy atom. The van der Waals surface area contributed by atoms with Crippen LogP contribution < -0.4 is 5.32 Å². The lowest BCUT2D eigenvalue weighted by Gasteiger charge is -2.22. The predicted octanol–water partition coefficient (Wildman–Crippen LogP) is 2.64. The van der Waals surface area contributed by atoms with Gasteiger partial charge in [-0.05, 0) is 36.4 Å². The first-order chi connectivity index (χ1) is 12.9. The smallest absolute Gasteiger partial charge is 0.242 e. The summed E-state index contributed by atoms with van der Waals surface area (Å²) in [4.78, 5) is 8.38. The fraction of sp³-hybridized carbons (Fsp3) is 0.421. The first-order valence-corrected chi connectivity index (χ1v) is 11.2. The third-order valence-electron chi connectivity index (χ3n) is 4.10. The van der Waals surface area contributed by atoms with Crippen LogP contribution in [0.15, 0.2) is 51.7 Å². The Bertz CT molecular complexity index is 846. The Labute approximate surface area is 166 Å². The molecule has 2 aromatic rings. The van der Waals surface area contributed by atoms with Crippen LogP contribution in [0, 0.1) is 0 Å². The van der Waals surface area contributed by atoms with Gasteiger partial charge in [-0.25, -0.2) is 17.7 Å². The maximum Gasteiger partial charge on any atom is 0.242 e. The van der Waals surface area contributed by atoms with E-state index in [1.54, 1.807) is 23.5 Å². The number of guanidine groups is 1. The minimum Gasteiger partial charge on any atom is -0.357 e. The standard InChI is InChI=1S/C19H28N4O2S2/c1-5-20-19(23(4)13-12-17-10-8-14-26-17)21-15-16-9-6-7-11-18(16)27(24,25)22(2)3/h6-11,14H,5,12-13,15H2,1-4H3,(H,20,21). The van der Waals surface area contributed by atoms with E-state index < -0.39 is 10.0 Å². The summed E-state index contributed by atoms with van der Waals surface area (Å²) in [6.45, 7) is 3.91. The molecular formula is C19H28N4O2S2. The van der Waals surface area contributed by atoms with Crippen molar-refractivity contribution in [2.75, 3.05) is 34.2 Å². The second kappa shape index (κ2) is 9.87. The van der Waals surface area contributed by atoms with Crippen molar-refractivity contribution in [1.29, 1.82) is 0 Å². The Morgan fingerprint density at radius 1 is 1.15 bits per heavy atom. The number of thiophene rings is 1. The van der Waals surface area contributed by atoms with Gasteiger partial charge in [0.2, 0.25) is 10.0 Å². The summed E-state index contributed by atoms with van der Waals surface area (Å²) >= 11 is 1.75. The van der Waals surface area contributed by atoms with Crippen molar-refractivity contribution in [2.45, 2.75) is 24.8 Å². The Balaban J connectivity index is 2.17. The number of benzene rings is 1. The van der Waals surface area contributed by atoms with Crippen LogP contribution in [0.1, 0.15) is 17.4 Å². The van der Waals surface area contributed by atoms with E-state index >= 15 is 0 Å². The molecule has 1 aromatic heterocycles. The van der Waals surface area contributed by atoms with Gasteiger partial charge in [-0.3, -0.25) is 0 Å². The molecule has 8 heteroatoms. The fourth-order valence-corrected chi connectivity index (χ4v) is 4.36. The molecule has 1 heterocycles. The van der Waals surface area contributed by atoms with Crippen molar-refractivity contribution in [3.63, 3.8) is 0 Å². The zero-order chi connectivity index (χ0) is 19.9. The molecule has 0 saturated carbocycles. The summed E-state index contributed by atoms with van der Waals surface area (Å²) in [5, 5.41) is 5.36. The number of nitrogens with one attached hydrogen (secondary N) is 1. The molecule has 0 aliphatic carbocycles. The molecule has 6 nitrogen and oxygen atoms in total. The quantitative estimate of drug-likeness (QED) is 0.539. The molecule has 0 atom stereocenters. The molecule has 0 aliphatic heterocycles. The molecule has 27 heavy (non-hydrogen) atoms. The molecule has 0 bridgehead atoms. The highest BCUT2D eigenvalue weighted by atomic mass is 32.2. The van der Waals surface area contributed by atoms with Gasteiger partial charge in [-0.1, -0.05) is 24.3 Å². The lowest BCUT2D eigenvalue weighted by molar-refractivity contribution is 0.486. The minimum absolute atomic E-state index is 0.301. The van der Waals surface area contributed by atoms with E-state index in [1.807, 2.05) is 26.1 Å². The van der Waals surface area contributed by atoms with E-state index in [9.17, 15) is 8.42 Å². The lowest BCUT2D eigenvalue weighted by Crippen LogP contribution is -2.39. The summed E-state index contributed by atoms with van der Waals surface area (Å²) in [5.74, 6) is 0.770. The van der Waals surface area contributed by atoms with E-state index in [-0.39, 0.29) is 0 Å². The monoisotopic (exact) mass is 408 g/mol. The van der Waals surface area contributed by atoms with Crippen LogP contribution in [0.3, 0.4) is 0 Å². The molecule has 0 saturated heterocycles. The van der Waals surface area contributed by atoms with Crippen molar-refractivity contribution >= 4 is 27.3 Å². The molecule has 0 fully saturated rings. The van der Waals surface area contributed by atoms with Crippen LogP contribution in [-0.2, 0) is 23.0 Å². The molecule has 0 radical (unpaired) electrons. The molecule has 0 spiro atoms. The van der Waals surface area contributed by atoms with Crippen molar-refractivity contribution in [1.82, 2.24) is 14.5 Å². The van der Waals surface area contributed by atoms with Crippen LogP contribution in [0.4, 0.5) is 0 Å².